The van der Waals surface area contributed by atoms with Gasteiger partial charge >= 0.3 is 5.97 Å². The Morgan fingerprint density at radius 2 is 1.85 bits per heavy atom. The zero-order valence-corrected chi connectivity index (χ0v) is 15.5. The topological polar surface area (TPSA) is 104 Å². The van der Waals surface area contributed by atoms with Gasteiger partial charge in [-0.1, -0.05) is 6.92 Å². The van der Waals surface area contributed by atoms with Gasteiger partial charge in [-0.05, 0) is 50.2 Å². The largest absolute Gasteiger partial charge is 0.480 e. The van der Waals surface area contributed by atoms with Gasteiger partial charge in [0.15, 0.2) is 0 Å². The molecule has 0 radical (unpaired) electrons. The molecule has 1 N–H and O–H groups in total. The van der Waals surface area contributed by atoms with Crippen LogP contribution >= 0.6 is 0 Å². The number of nitrogens with zero attached hydrogens (tertiary/aromatic N) is 3. The molecule has 0 spiro atoms. The summed E-state index contributed by atoms with van der Waals surface area (Å²) in [6.07, 6.45) is 3.86. The number of carbonyl (C=O) groups is 2. The van der Waals surface area contributed by atoms with E-state index in [-0.39, 0.29) is 11.3 Å². The number of hydrogen-bond acceptors (Lipinski definition) is 5. The highest BCUT2D eigenvalue weighted by Crippen LogP contribution is 2.33. The van der Waals surface area contributed by atoms with Crippen molar-refractivity contribution < 1.29 is 19.6 Å². The van der Waals surface area contributed by atoms with Gasteiger partial charge in [-0.25, -0.2) is 4.79 Å². The van der Waals surface area contributed by atoms with Crippen LogP contribution in [0.5, 0.6) is 0 Å². The molecule has 2 aliphatic rings. The molecule has 0 aliphatic carbocycles. The van der Waals surface area contributed by atoms with Crippen LogP contribution in [0.1, 0.15) is 49.4 Å². The van der Waals surface area contributed by atoms with Crippen LogP contribution in [0.3, 0.4) is 0 Å². The first-order valence-electron chi connectivity index (χ1n) is 9.45. The zero-order valence-electron chi connectivity index (χ0n) is 15.5. The monoisotopic (exact) mass is 375 g/mol. The quantitative estimate of drug-likeness (QED) is 0.641. The maximum atomic E-state index is 12.8. The summed E-state index contributed by atoms with van der Waals surface area (Å²) in [5, 5.41) is 21.0. The predicted octanol–water partition coefficient (Wildman–Crippen LogP) is 2.91. The fourth-order valence-electron chi connectivity index (χ4n) is 3.92. The third-order valence-electron chi connectivity index (χ3n) is 5.59. The Bertz CT molecular complexity index is 743. The standard InChI is InChI=1S/C19H25N3O5/c1-13-7-10-20(11-8-13)15-6-5-14(12-17(15)22(26)27)18(23)21-9-3-2-4-16(21)19(24)25/h5-6,12-13,16H,2-4,7-11H2,1H3,(H,24,25). The summed E-state index contributed by atoms with van der Waals surface area (Å²) < 4.78 is 0. The molecule has 2 aliphatic heterocycles. The number of carboxylic acid groups (broad SMARTS) is 1. The predicted molar refractivity (Wildman–Crippen MR) is 100 cm³/mol. The van der Waals surface area contributed by atoms with E-state index in [4.69, 9.17) is 0 Å². The Hall–Kier alpha value is -2.64. The van der Waals surface area contributed by atoms with Gasteiger partial charge < -0.3 is 14.9 Å². The van der Waals surface area contributed by atoms with Gasteiger partial charge in [-0.2, -0.15) is 0 Å². The average Bonchev–Trinajstić information content (AvgIpc) is 2.67. The molecular formula is C19H25N3O5. The minimum atomic E-state index is -1.03. The molecule has 27 heavy (non-hydrogen) atoms. The number of likely N-dealkylation sites (tertiary alicyclic amines) is 1. The van der Waals surface area contributed by atoms with Crippen molar-refractivity contribution in [3.05, 3.63) is 33.9 Å². The van der Waals surface area contributed by atoms with Crippen molar-refractivity contribution in [3.63, 3.8) is 0 Å². The lowest BCUT2D eigenvalue weighted by Crippen LogP contribution is -2.48. The van der Waals surface area contributed by atoms with E-state index >= 15 is 0 Å². The second-order valence-electron chi connectivity index (χ2n) is 7.48. The van der Waals surface area contributed by atoms with Crippen LogP contribution < -0.4 is 4.90 Å². The smallest absolute Gasteiger partial charge is 0.326 e. The highest BCUT2D eigenvalue weighted by molar-refractivity contribution is 5.98. The summed E-state index contributed by atoms with van der Waals surface area (Å²) in [4.78, 5) is 38.8. The molecule has 1 amide bonds. The van der Waals surface area contributed by atoms with E-state index in [2.05, 4.69) is 6.92 Å². The van der Waals surface area contributed by atoms with Gasteiger partial charge in [0.2, 0.25) is 0 Å². The molecule has 1 atom stereocenters. The van der Waals surface area contributed by atoms with Crippen LogP contribution in [0.4, 0.5) is 11.4 Å². The number of carboxylic acids is 1. The van der Waals surface area contributed by atoms with Crippen LogP contribution in [0, 0.1) is 16.0 Å². The van der Waals surface area contributed by atoms with Crippen LogP contribution in [-0.2, 0) is 4.79 Å². The molecule has 2 fully saturated rings. The van der Waals surface area contributed by atoms with Gasteiger partial charge in [0.1, 0.15) is 11.7 Å². The normalized spacial score (nSPS) is 21.1. The molecule has 2 heterocycles. The van der Waals surface area contributed by atoms with Crippen molar-refractivity contribution in [3.8, 4) is 0 Å². The molecule has 3 rings (SSSR count). The first-order valence-corrected chi connectivity index (χ1v) is 9.45. The van der Waals surface area contributed by atoms with Crippen molar-refractivity contribution in [1.29, 1.82) is 0 Å². The molecule has 0 bridgehead atoms. The summed E-state index contributed by atoms with van der Waals surface area (Å²) in [5.74, 6) is -0.881. The number of aliphatic carboxylic acids is 1. The summed E-state index contributed by atoms with van der Waals surface area (Å²) in [7, 11) is 0. The molecule has 1 aromatic carbocycles. The minimum Gasteiger partial charge on any atom is -0.480 e. The number of rotatable bonds is 4. The zero-order chi connectivity index (χ0) is 19.6. The Labute approximate surface area is 157 Å². The van der Waals surface area contributed by atoms with Gasteiger partial charge in [0.05, 0.1) is 4.92 Å². The van der Waals surface area contributed by atoms with E-state index in [9.17, 15) is 24.8 Å². The highest BCUT2D eigenvalue weighted by atomic mass is 16.6. The first kappa shape index (κ1) is 19.1. The van der Waals surface area contributed by atoms with Crippen molar-refractivity contribution in [2.45, 2.75) is 45.1 Å². The molecule has 2 saturated heterocycles. The first-order chi connectivity index (χ1) is 12.9. The summed E-state index contributed by atoms with van der Waals surface area (Å²) in [6.45, 7) is 4.03. The summed E-state index contributed by atoms with van der Waals surface area (Å²) in [6, 6.07) is 3.63. The number of nitro benzene ring substituents is 1. The lowest BCUT2D eigenvalue weighted by atomic mass is 9.98. The van der Waals surface area contributed by atoms with Gasteiger partial charge in [0, 0.05) is 31.3 Å². The summed E-state index contributed by atoms with van der Waals surface area (Å²) >= 11 is 0. The summed E-state index contributed by atoms with van der Waals surface area (Å²) in [5.41, 5.74) is 0.597. The van der Waals surface area contributed by atoms with E-state index in [1.165, 1.54) is 11.0 Å². The Morgan fingerprint density at radius 1 is 1.15 bits per heavy atom. The fraction of sp³-hybridized carbons (Fsp3) is 0.579. The van der Waals surface area contributed by atoms with Crippen LogP contribution in [-0.4, -0.2) is 52.5 Å². The molecule has 8 heteroatoms. The average molecular weight is 375 g/mol. The molecule has 0 aromatic heterocycles. The van der Waals surface area contributed by atoms with E-state index in [1.54, 1.807) is 12.1 Å². The molecule has 1 unspecified atom stereocenters. The van der Waals surface area contributed by atoms with E-state index in [0.29, 0.717) is 24.6 Å². The maximum Gasteiger partial charge on any atom is 0.326 e. The third kappa shape index (κ3) is 4.04. The van der Waals surface area contributed by atoms with Crippen molar-refractivity contribution in [2.24, 2.45) is 5.92 Å². The number of anilines is 1. The fourth-order valence-corrected chi connectivity index (χ4v) is 3.92. The SMILES string of the molecule is CC1CCN(c2ccc(C(=O)N3CCCCC3C(=O)O)cc2[N+](=O)[O-])CC1. The number of nitro groups is 1. The Morgan fingerprint density at radius 3 is 2.48 bits per heavy atom. The number of benzene rings is 1. The molecule has 146 valence electrons. The van der Waals surface area contributed by atoms with E-state index in [0.717, 1.165) is 38.8 Å². The van der Waals surface area contributed by atoms with Crippen molar-refractivity contribution in [2.75, 3.05) is 24.5 Å². The molecule has 1 aromatic rings. The second-order valence-corrected chi connectivity index (χ2v) is 7.48. The third-order valence-corrected chi connectivity index (χ3v) is 5.59. The number of hydrogen-bond donors (Lipinski definition) is 1. The Balaban J connectivity index is 1.88. The van der Waals surface area contributed by atoms with Crippen LogP contribution in [0.25, 0.3) is 0 Å². The van der Waals surface area contributed by atoms with Gasteiger partial charge in [-0.3, -0.25) is 14.9 Å². The van der Waals surface area contributed by atoms with Gasteiger partial charge in [-0.15, -0.1) is 0 Å². The van der Waals surface area contributed by atoms with Crippen LogP contribution in [0.15, 0.2) is 18.2 Å². The lowest BCUT2D eigenvalue weighted by Gasteiger charge is -2.33. The lowest BCUT2D eigenvalue weighted by molar-refractivity contribution is -0.384. The highest BCUT2D eigenvalue weighted by Gasteiger charge is 2.33. The van der Waals surface area contributed by atoms with E-state index < -0.39 is 22.8 Å². The van der Waals surface area contributed by atoms with E-state index in [1.807, 2.05) is 4.90 Å². The number of amides is 1. The number of piperidine rings is 2. The second kappa shape index (κ2) is 7.94. The van der Waals surface area contributed by atoms with Crippen molar-refractivity contribution >= 4 is 23.3 Å². The Kier molecular flexibility index (Phi) is 5.62. The van der Waals surface area contributed by atoms with Crippen molar-refractivity contribution in [1.82, 2.24) is 4.90 Å². The van der Waals surface area contributed by atoms with Crippen LogP contribution in [0.2, 0.25) is 0 Å². The molecule has 8 nitrogen and oxygen atoms in total. The van der Waals surface area contributed by atoms with Gasteiger partial charge in [0.25, 0.3) is 11.6 Å². The molecular weight excluding hydrogens is 350 g/mol. The maximum absolute atomic E-state index is 12.8. The minimum absolute atomic E-state index is 0.0979. The molecule has 0 saturated carbocycles. The number of carbonyl (C=O) groups excluding carboxylic acids is 1.